The van der Waals surface area contributed by atoms with Gasteiger partial charge in [-0.15, -0.1) is 0 Å². The standard InChI is InChI=1S/C18H19N3/c1-3-13(2)19-18-15-11-7-8-12-16(15)20-17(21-18)14-9-5-4-6-10-14/h4-13H,3H2,1-2H3,(H,19,20,21)/t13-/m0/s1. The van der Waals surface area contributed by atoms with E-state index >= 15 is 0 Å². The van der Waals surface area contributed by atoms with Gasteiger partial charge in [0.2, 0.25) is 0 Å². The van der Waals surface area contributed by atoms with Gasteiger partial charge in [0.05, 0.1) is 5.52 Å². The third-order valence-corrected chi connectivity index (χ3v) is 3.63. The van der Waals surface area contributed by atoms with Crippen LogP contribution in [0.1, 0.15) is 20.3 Å². The first-order valence-electron chi connectivity index (χ1n) is 7.36. The number of para-hydroxylation sites is 1. The molecule has 1 heterocycles. The van der Waals surface area contributed by atoms with Gasteiger partial charge in [0, 0.05) is 17.0 Å². The third kappa shape index (κ3) is 2.87. The van der Waals surface area contributed by atoms with Gasteiger partial charge in [0.1, 0.15) is 5.82 Å². The highest BCUT2D eigenvalue weighted by atomic mass is 15.0. The number of hydrogen-bond donors (Lipinski definition) is 1. The Morgan fingerprint density at radius 1 is 0.952 bits per heavy atom. The lowest BCUT2D eigenvalue weighted by Gasteiger charge is -2.15. The first-order chi connectivity index (χ1) is 10.3. The molecule has 3 nitrogen and oxygen atoms in total. The lowest BCUT2D eigenvalue weighted by Crippen LogP contribution is -2.15. The Bertz CT molecular complexity index is 738. The molecule has 0 aliphatic rings. The van der Waals surface area contributed by atoms with Gasteiger partial charge in [0.15, 0.2) is 5.82 Å². The summed E-state index contributed by atoms with van der Waals surface area (Å²) in [6.45, 7) is 4.33. The fourth-order valence-corrected chi connectivity index (χ4v) is 2.24. The van der Waals surface area contributed by atoms with Crippen molar-refractivity contribution in [3.05, 3.63) is 54.6 Å². The minimum Gasteiger partial charge on any atom is -0.367 e. The van der Waals surface area contributed by atoms with E-state index in [1.54, 1.807) is 0 Å². The number of fused-ring (bicyclic) bond motifs is 1. The maximum absolute atomic E-state index is 4.74. The van der Waals surface area contributed by atoms with Crippen molar-refractivity contribution in [2.24, 2.45) is 0 Å². The van der Waals surface area contributed by atoms with Crippen molar-refractivity contribution in [1.82, 2.24) is 9.97 Å². The smallest absolute Gasteiger partial charge is 0.162 e. The molecule has 0 saturated heterocycles. The Labute approximate surface area is 125 Å². The molecule has 1 aromatic heterocycles. The maximum Gasteiger partial charge on any atom is 0.162 e. The molecular weight excluding hydrogens is 258 g/mol. The van der Waals surface area contributed by atoms with Crippen LogP contribution in [-0.4, -0.2) is 16.0 Å². The fourth-order valence-electron chi connectivity index (χ4n) is 2.24. The van der Waals surface area contributed by atoms with Crippen LogP contribution in [-0.2, 0) is 0 Å². The number of nitrogens with one attached hydrogen (secondary N) is 1. The van der Waals surface area contributed by atoms with E-state index in [2.05, 4.69) is 30.2 Å². The molecule has 21 heavy (non-hydrogen) atoms. The first-order valence-corrected chi connectivity index (χ1v) is 7.36. The van der Waals surface area contributed by atoms with Crippen molar-refractivity contribution in [1.29, 1.82) is 0 Å². The summed E-state index contributed by atoms with van der Waals surface area (Å²) in [7, 11) is 0. The second kappa shape index (κ2) is 5.92. The highest BCUT2D eigenvalue weighted by Gasteiger charge is 2.10. The summed E-state index contributed by atoms with van der Waals surface area (Å²) in [5, 5.41) is 4.56. The van der Waals surface area contributed by atoms with Crippen LogP contribution in [0.3, 0.4) is 0 Å². The van der Waals surface area contributed by atoms with Gasteiger partial charge in [-0.05, 0) is 25.5 Å². The molecule has 106 valence electrons. The molecule has 3 rings (SSSR count). The fraction of sp³-hybridized carbons (Fsp3) is 0.222. The van der Waals surface area contributed by atoms with Gasteiger partial charge >= 0.3 is 0 Å². The van der Waals surface area contributed by atoms with Crippen molar-refractivity contribution in [3.63, 3.8) is 0 Å². The van der Waals surface area contributed by atoms with Crippen molar-refractivity contribution < 1.29 is 0 Å². The van der Waals surface area contributed by atoms with Crippen LogP contribution in [0.25, 0.3) is 22.3 Å². The van der Waals surface area contributed by atoms with E-state index in [1.165, 1.54) is 0 Å². The number of aromatic nitrogens is 2. The van der Waals surface area contributed by atoms with Crippen molar-refractivity contribution >= 4 is 16.7 Å². The summed E-state index contributed by atoms with van der Waals surface area (Å²) in [5.74, 6) is 1.67. The minimum absolute atomic E-state index is 0.381. The molecule has 0 radical (unpaired) electrons. The Hall–Kier alpha value is -2.42. The molecule has 0 amide bonds. The van der Waals surface area contributed by atoms with Gasteiger partial charge in [-0.1, -0.05) is 49.4 Å². The van der Waals surface area contributed by atoms with Crippen LogP contribution < -0.4 is 5.32 Å². The quantitative estimate of drug-likeness (QED) is 0.762. The molecule has 2 aromatic carbocycles. The molecular formula is C18H19N3. The topological polar surface area (TPSA) is 37.8 Å². The molecule has 0 spiro atoms. The molecule has 0 fully saturated rings. The minimum atomic E-state index is 0.381. The zero-order valence-electron chi connectivity index (χ0n) is 12.4. The van der Waals surface area contributed by atoms with E-state index in [0.717, 1.165) is 34.5 Å². The number of hydrogen-bond acceptors (Lipinski definition) is 3. The Kier molecular flexibility index (Phi) is 3.82. The van der Waals surface area contributed by atoms with E-state index in [-0.39, 0.29) is 0 Å². The van der Waals surface area contributed by atoms with Crippen LogP contribution in [0.15, 0.2) is 54.6 Å². The second-order valence-corrected chi connectivity index (χ2v) is 5.23. The SMILES string of the molecule is CC[C@H](C)Nc1nc(-c2ccccc2)nc2ccccc12. The molecule has 0 unspecified atom stereocenters. The number of anilines is 1. The molecule has 0 bridgehead atoms. The van der Waals surface area contributed by atoms with E-state index in [4.69, 9.17) is 4.98 Å². The summed E-state index contributed by atoms with van der Waals surface area (Å²) < 4.78 is 0. The zero-order chi connectivity index (χ0) is 14.7. The largest absolute Gasteiger partial charge is 0.367 e. The maximum atomic E-state index is 4.74. The molecule has 0 aliphatic carbocycles. The van der Waals surface area contributed by atoms with Crippen LogP contribution in [0, 0.1) is 0 Å². The van der Waals surface area contributed by atoms with Crippen molar-refractivity contribution in [3.8, 4) is 11.4 Å². The molecule has 0 saturated carbocycles. The summed E-state index contributed by atoms with van der Waals surface area (Å²) in [6, 6.07) is 18.6. The van der Waals surface area contributed by atoms with Gasteiger partial charge in [-0.25, -0.2) is 9.97 Å². The van der Waals surface area contributed by atoms with Crippen LogP contribution in [0.2, 0.25) is 0 Å². The average molecular weight is 277 g/mol. The van der Waals surface area contributed by atoms with E-state index in [1.807, 2.05) is 48.5 Å². The average Bonchev–Trinajstić information content (AvgIpc) is 2.55. The zero-order valence-corrected chi connectivity index (χ0v) is 12.4. The van der Waals surface area contributed by atoms with Gasteiger partial charge in [0.25, 0.3) is 0 Å². The normalized spacial score (nSPS) is 12.3. The second-order valence-electron chi connectivity index (χ2n) is 5.23. The lowest BCUT2D eigenvalue weighted by atomic mass is 10.1. The van der Waals surface area contributed by atoms with Gasteiger partial charge in [-0.3, -0.25) is 0 Å². The third-order valence-electron chi connectivity index (χ3n) is 3.63. The highest BCUT2D eigenvalue weighted by Crippen LogP contribution is 2.25. The lowest BCUT2D eigenvalue weighted by molar-refractivity contribution is 0.760. The van der Waals surface area contributed by atoms with Crippen LogP contribution in [0.4, 0.5) is 5.82 Å². The summed E-state index contributed by atoms with van der Waals surface area (Å²) in [4.78, 5) is 9.42. The Balaban J connectivity index is 2.15. The van der Waals surface area contributed by atoms with Crippen molar-refractivity contribution in [2.75, 3.05) is 5.32 Å². The summed E-state index contributed by atoms with van der Waals surface area (Å²) in [6.07, 6.45) is 1.05. The summed E-state index contributed by atoms with van der Waals surface area (Å²) >= 11 is 0. The van der Waals surface area contributed by atoms with E-state index in [0.29, 0.717) is 6.04 Å². The molecule has 3 heteroatoms. The molecule has 1 N–H and O–H groups in total. The van der Waals surface area contributed by atoms with E-state index in [9.17, 15) is 0 Å². The predicted octanol–water partition coefficient (Wildman–Crippen LogP) is 4.51. The number of rotatable bonds is 4. The van der Waals surface area contributed by atoms with E-state index < -0.39 is 0 Å². The van der Waals surface area contributed by atoms with Crippen LogP contribution >= 0.6 is 0 Å². The van der Waals surface area contributed by atoms with Gasteiger partial charge in [-0.2, -0.15) is 0 Å². The van der Waals surface area contributed by atoms with Crippen LogP contribution in [0.5, 0.6) is 0 Å². The molecule has 1 atom stereocenters. The molecule has 3 aromatic rings. The number of nitrogens with zero attached hydrogens (tertiary/aromatic N) is 2. The predicted molar refractivity (Wildman–Crippen MR) is 88.3 cm³/mol. The number of benzene rings is 2. The monoisotopic (exact) mass is 277 g/mol. The van der Waals surface area contributed by atoms with Crippen molar-refractivity contribution in [2.45, 2.75) is 26.3 Å². The summed E-state index contributed by atoms with van der Waals surface area (Å²) in [5.41, 5.74) is 2.01. The highest BCUT2D eigenvalue weighted by molar-refractivity contribution is 5.90. The first kappa shape index (κ1) is 13.6. The Morgan fingerprint density at radius 3 is 2.43 bits per heavy atom. The molecule has 0 aliphatic heterocycles. The Morgan fingerprint density at radius 2 is 1.67 bits per heavy atom. The van der Waals surface area contributed by atoms with Gasteiger partial charge < -0.3 is 5.32 Å².